The van der Waals surface area contributed by atoms with E-state index < -0.39 is 23.1 Å². The lowest BCUT2D eigenvalue weighted by molar-refractivity contribution is -0.172. The molecule has 0 aliphatic heterocycles. The highest BCUT2D eigenvalue weighted by molar-refractivity contribution is 6.31. The van der Waals surface area contributed by atoms with Crippen molar-refractivity contribution in [2.45, 2.75) is 27.2 Å². The van der Waals surface area contributed by atoms with Gasteiger partial charge in [0.05, 0.1) is 13.2 Å². The van der Waals surface area contributed by atoms with Crippen LogP contribution in [0.4, 0.5) is 0 Å². The van der Waals surface area contributed by atoms with E-state index in [4.69, 9.17) is 9.47 Å². The summed E-state index contributed by atoms with van der Waals surface area (Å²) in [6.45, 7) is 9.12. The van der Waals surface area contributed by atoms with Crippen LogP contribution in [0.2, 0.25) is 0 Å². The molecule has 0 N–H and O–H groups in total. The van der Waals surface area contributed by atoms with Gasteiger partial charge in [0, 0.05) is 12.0 Å². The van der Waals surface area contributed by atoms with Crippen LogP contribution >= 0.6 is 0 Å². The van der Waals surface area contributed by atoms with Gasteiger partial charge < -0.3 is 9.47 Å². The number of hydrogen-bond acceptors (Lipinski definition) is 5. The summed E-state index contributed by atoms with van der Waals surface area (Å²) in [6.07, 6.45) is -0.0509. The van der Waals surface area contributed by atoms with Gasteiger partial charge in [-0.3, -0.25) is 14.4 Å². The highest BCUT2D eigenvalue weighted by atomic mass is 16.6. The van der Waals surface area contributed by atoms with Gasteiger partial charge in [-0.2, -0.15) is 0 Å². The fourth-order valence-electron chi connectivity index (χ4n) is 3.07. The molecule has 0 amide bonds. The number of ketones is 1. The lowest BCUT2D eigenvalue weighted by atomic mass is 9.81. The van der Waals surface area contributed by atoms with Crippen LogP contribution in [0.3, 0.4) is 0 Å². The number of hydrogen-bond donors (Lipinski definition) is 0. The summed E-state index contributed by atoms with van der Waals surface area (Å²) in [6, 6.07) is 9.17. The van der Waals surface area contributed by atoms with E-state index >= 15 is 0 Å². The Labute approximate surface area is 147 Å². The van der Waals surface area contributed by atoms with Gasteiger partial charge in [0.1, 0.15) is 0 Å². The third-order valence-electron chi connectivity index (χ3n) is 4.24. The van der Waals surface area contributed by atoms with Gasteiger partial charge in [-0.1, -0.05) is 42.5 Å². The summed E-state index contributed by atoms with van der Waals surface area (Å²) >= 11 is 0. The van der Waals surface area contributed by atoms with Crippen LogP contribution in [-0.4, -0.2) is 30.9 Å². The first-order valence-corrected chi connectivity index (χ1v) is 8.23. The molecule has 1 aliphatic rings. The molecule has 0 radical (unpaired) electrons. The normalized spacial score (nSPS) is 15.9. The highest BCUT2D eigenvalue weighted by Crippen LogP contribution is 2.45. The van der Waals surface area contributed by atoms with Crippen molar-refractivity contribution in [3.63, 3.8) is 0 Å². The number of ether oxygens (including phenoxy) is 2. The highest BCUT2D eigenvalue weighted by Gasteiger charge is 2.60. The van der Waals surface area contributed by atoms with E-state index in [1.807, 2.05) is 30.3 Å². The molecular formula is C20H22O5. The van der Waals surface area contributed by atoms with Crippen LogP contribution in [0, 0.1) is 5.41 Å². The van der Waals surface area contributed by atoms with Gasteiger partial charge in [-0.05, 0) is 31.9 Å². The van der Waals surface area contributed by atoms with E-state index in [9.17, 15) is 14.4 Å². The molecule has 1 aromatic rings. The number of carbonyl (C=O) groups is 3. The summed E-state index contributed by atoms with van der Waals surface area (Å²) in [4.78, 5) is 38.3. The van der Waals surface area contributed by atoms with Gasteiger partial charge >= 0.3 is 11.9 Å². The van der Waals surface area contributed by atoms with Gasteiger partial charge in [-0.15, -0.1) is 0 Å². The summed E-state index contributed by atoms with van der Waals surface area (Å²) < 4.78 is 10.1. The van der Waals surface area contributed by atoms with Gasteiger partial charge in [-0.25, -0.2) is 0 Å². The minimum Gasteiger partial charge on any atom is -0.465 e. The lowest BCUT2D eigenvalue weighted by Gasteiger charge is -2.23. The Kier molecular flexibility index (Phi) is 5.57. The predicted octanol–water partition coefficient (Wildman–Crippen LogP) is 3.10. The van der Waals surface area contributed by atoms with Gasteiger partial charge in [0.15, 0.2) is 5.78 Å². The monoisotopic (exact) mass is 342 g/mol. The zero-order valence-corrected chi connectivity index (χ0v) is 14.8. The molecule has 0 saturated heterocycles. The summed E-state index contributed by atoms with van der Waals surface area (Å²) in [5.41, 5.74) is 0.197. The molecule has 1 aromatic carbocycles. The van der Waals surface area contributed by atoms with Crippen molar-refractivity contribution in [3.05, 3.63) is 53.6 Å². The standard InChI is InChI=1S/C20H22O5/c1-5-24-18(22)20(19(23)25-6-2)12-13(3)16(17(20)21)14(4)15-10-8-7-9-11-15/h7-11H,4-6,12H2,1-3H3. The smallest absolute Gasteiger partial charge is 0.331 e. The maximum Gasteiger partial charge on any atom is 0.331 e. The molecule has 2 rings (SSSR count). The molecule has 1 aliphatic carbocycles. The Morgan fingerprint density at radius 3 is 2.08 bits per heavy atom. The van der Waals surface area contributed by atoms with E-state index in [1.54, 1.807) is 20.8 Å². The van der Waals surface area contributed by atoms with Gasteiger partial charge in [0.25, 0.3) is 0 Å². The Bertz CT molecular complexity index is 725. The minimum absolute atomic E-state index is 0.0509. The third kappa shape index (κ3) is 3.14. The maximum atomic E-state index is 13.2. The average Bonchev–Trinajstić information content (AvgIpc) is 2.87. The van der Waals surface area contributed by atoms with Crippen LogP contribution in [-0.2, 0) is 23.9 Å². The average molecular weight is 342 g/mol. The Morgan fingerprint density at radius 2 is 1.60 bits per heavy atom. The first kappa shape index (κ1) is 18.6. The first-order valence-electron chi connectivity index (χ1n) is 8.23. The SMILES string of the molecule is C=C(C1=C(C)CC(C(=O)OCC)(C(=O)OCC)C1=O)c1ccccc1. The number of allylic oxidation sites excluding steroid dienone is 3. The van der Waals surface area contributed by atoms with E-state index in [0.29, 0.717) is 16.7 Å². The Morgan fingerprint density at radius 1 is 1.08 bits per heavy atom. The molecule has 25 heavy (non-hydrogen) atoms. The second kappa shape index (κ2) is 7.47. The van der Waals surface area contributed by atoms with Crippen molar-refractivity contribution in [1.29, 1.82) is 0 Å². The molecule has 0 atom stereocenters. The third-order valence-corrected chi connectivity index (χ3v) is 4.24. The molecule has 0 fully saturated rings. The van der Waals surface area contributed by atoms with Crippen molar-refractivity contribution in [1.82, 2.24) is 0 Å². The topological polar surface area (TPSA) is 69.7 Å². The summed E-state index contributed by atoms with van der Waals surface area (Å²) in [5.74, 6) is -2.34. The van der Waals surface area contributed by atoms with Crippen molar-refractivity contribution in [2.75, 3.05) is 13.2 Å². The summed E-state index contributed by atoms with van der Waals surface area (Å²) in [5, 5.41) is 0. The molecule has 5 heteroatoms. The largest absolute Gasteiger partial charge is 0.465 e. The predicted molar refractivity (Wildman–Crippen MR) is 93.5 cm³/mol. The number of esters is 2. The van der Waals surface area contributed by atoms with Crippen LogP contribution in [0.5, 0.6) is 0 Å². The van der Waals surface area contributed by atoms with Crippen LogP contribution < -0.4 is 0 Å². The van der Waals surface area contributed by atoms with E-state index in [2.05, 4.69) is 6.58 Å². The summed E-state index contributed by atoms with van der Waals surface area (Å²) in [7, 11) is 0. The van der Waals surface area contributed by atoms with E-state index in [-0.39, 0.29) is 19.6 Å². The van der Waals surface area contributed by atoms with Crippen molar-refractivity contribution in [2.24, 2.45) is 5.41 Å². The zero-order chi connectivity index (χ0) is 18.6. The molecular weight excluding hydrogens is 320 g/mol. The second-order valence-corrected chi connectivity index (χ2v) is 5.85. The molecule has 5 nitrogen and oxygen atoms in total. The van der Waals surface area contributed by atoms with Crippen molar-refractivity contribution >= 4 is 23.3 Å². The van der Waals surface area contributed by atoms with Crippen molar-refractivity contribution in [3.8, 4) is 0 Å². The molecule has 0 saturated carbocycles. The fraction of sp³-hybridized carbons (Fsp3) is 0.350. The molecule has 0 spiro atoms. The van der Waals surface area contributed by atoms with Crippen LogP contribution in [0.15, 0.2) is 48.1 Å². The van der Waals surface area contributed by atoms with Crippen LogP contribution in [0.1, 0.15) is 32.8 Å². The number of rotatable bonds is 6. The molecule has 132 valence electrons. The fourth-order valence-corrected chi connectivity index (χ4v) is 3.07. The quantitative estimate of drug-likeness (QED) is 0.587. The Hall–Kier alpha value is -2.69. The molecule has 0 heterocycles. The molecule has 0 unspecified atom stereocenters. The molecule has 0 bridgehead atoms. The maximum absolute atomic E-state index is 13.2. The first-order chi connectivity index (χ1) is 11.9. The minimum atomic E-state index is -1.97. The van der Waals surface area contributed by atoms with Crippen molar-refractivity contribution < 1.29 is 23.9 Å². The lowest BCUT2D eigenvalue weighted by Crippen LogP contribution is -2.46. The molecule has 0 aromatic heterocycles. The van der Waals surface area contributed by atoms with Crippen LogP contribution in [0.25, 0.3) is 5.57 Å². The number of carbonyl (C=O) groups excluding carboxylic acids is 3. The Balaban J connectivity index is 2.48. The number of benzene rings is 1. The van der Waals surface area contributed by atoms with Gasteiger partial charge in [0.2, 0.25) is 5.41 Å². The number of Topliss-reactive ketones (excluding diaryl/α,β-unsaturated/α-hetero) is 1. The zero-order valence-electron chi connectivity index (χ0n) is 14.8. The second-order valence-electron chi connectivity index (χ2n) is 5.85. The van der Waals surface area contributed by atoms with E-state index in [1.165, 1.54) is 0 Å². The van der Waals surface area contributed by atoms with E-state index in [0.717, 1.165) is 5.56 Å².